The van der Waals surface area contributed by atoms with Gasteiger partial charge >= 0.3 is 18.5 Å². The lowest BCUT2D eigenvalue weighted by Gasteiger charge is -2.21. The number of ether oxygens (including phenoxy) is 3. The van der Waals surface area contributed by atoms with Crippen LogP contribution in [0.2, 0.25) is 0 Å². The first-order valence-electron chi connectivity index (χ1n) is 10.6. The van der Waals surface area contributed by atoms with Crippen LogP contribution < -0.4 is 9.47 Å². The number of para-hydroxylation sites is 1. The average Bonchev–Trinajstić information content (AvgIpc) is 2.79. The summed E-state index contributed by atoms with van der Waals surface area (Å²) >= 11 is 0. The Morgan fingerprint density at radius 2 is 1.50 bits per heavy atom. The zero-order valence-corrected chi connectivity index (χ0v) is 18.6. The van der Waals surface area contributed by atoms with Gasteiger partial charge in [0.15, 0.2) is 0 Å². The van der Waals surface area contributed by atoms with E-state index in [-0.39, 0.29) is 12.5 Å². The smallest absolute Gasteiger partial charge is 0.460 e. The molecule has 3 aromatic rings. The van der Waals surface area contributed by atoms with Crippen LogP contribution in [-0.4, -0.2) is 18.5 Å². The third-order valence-corrected chi connectivity index (χ3v) is 4.93. The summed E-state index contributed by atoms with van der Waals surface area (Å²) in [6.45, 7) is 3.64. The summed E-state index contributed by atoms with van der Waals surface area (Å²) in [5.74, 6) is -0.523. The first-order chi connectivity index (χ1) is 16.2. The van der Waals surface area contributed by atoms with Gasteiger partial charge in [-0.2, -0.15) is 17.6 Å². The van der Waals surface area contributed by atoms with Gasteiger partial charge in [0.05, 0.1) is 5.92 Å². The van der Waals surface area contributed by atoms with Crippen molar-refractivity contribution in [1.82, 2.24) is 0 Å². The molecule has 1 atom stereocenters. The van der Waals surface area contributed by atoms with E-state index in [9.17, 15) is 22.4 Å². The second-order valence-corrected chi connectivity index (χ2v) is 7.93. The lowest BCUT2D eigenvalue weighted by Crippen LogP contribution is -2.33. The summed E-state index contributed by atoms with van der Waals surface area (Å²) in [5, 5.41) is 0. The van der Waals surface area contributed by atoms with Crippen LogP contribution in [0.15, 0.2) is 78.9 Å². The third-order valence-electron chi connectivity index (χ3n) is 4.93. The number of rotatable bonds is 10. The molecule has 1 unspecified atom stereocenters. The Bertz CT molecular complexity index is 1070. The fourth-order valence-electron chi connectivity index (χ4n) is 3.31. The minimum absolute atomic E-state index is 0.00977. The van der Waals surface area contributed by atoms with E-state index in [0.717, 1.165) is 17.7 Å². The van der Waals surface area contributed by atoms with Gasteiger partial charge in [-0.25, -0.2) is 0 Å². The average molecular weight is 476 g/mol. The van der Waals surface area contributed by atoms with Crippen molar-refractivity contribution in [2.45, 2.75) is 38.9 Å². The van der Waals surface area contributed by atoms with Crippen molar-refractivity contribution in [3.8, 4) is 17.2 Å². The second kappa shape index (κ2) is 11.0. The molecule has 0 bridgehead atoms. The second-order valence-electron chi connectivity index (χ2n) is 7.93. The van der Waals surface area contributed by atoms with E-state index < -0.39 is 30.2 Å². The molecule has 0 saturated carbocycles. The third kappa shape index (κ3) is 6.73. The summed E-state index contributed by atoms with van der Waals surface area (Å²) in [7, 11) is 0. The molecule has 0 spiro atoms. The van der Waals surface area contributed by atoms with Gasteiger partial charge in [-0.15, -0.1) is 0 Å². The van der Waals surface area contributed by atoms with Crippen molar-refractivity contribution in [3.63, 3.8) is 0 Å². The Hall–Kier alpha value is -3.55. The molecule has 0 amide bonds. The van der Waals surface area contributed by atoms with Gasteiger partial charge in [-0.05, 0) is 53.4 Å². The molecule has 3 aromatic carbocycles. The van der Waals surface area contributed by atoms with Crippen LogP contribution >= 0.6 is 0 Å². The molecule has 0 radical (unpaired) electrons. The molecule has 0 heterocycles. The SMILES string of the molecule is CC(C)C(C(=O)OCc1cccc(Oc2ccccc2)c1)c1ccc(OC(F)(F)C(F)F)cc1. The Morgan fingerprint density at radius 3 is 2.12 bits per heavy atom. The molecule has 0 saturated heterocycles. The molecule has 4 nitrogen and oxygen atoms in total. The number of benzene rings is 3. The number of carbonyl (C=O) groups excluding carboxylic acids is 1. The van der Waals surface area contributed by atoms with Crippen molar-refractivity contribution >= 4 is 5.97 Å². The molecule has 3 rings (SSSR count). The number of hydrogen-bond donors (Lipinski definition) is 0. The Kier molecular flexibility index (Phi) is 8.15. The normalized spacial score (nSPS) is 12.5. The van der Waals surface area contributed by atoms with Crippen LogP contribution in [0, 0.1) is 5.92 Å². The maximum atomic E-state index is 13.1. The Balaban J connectivity index is 1.65. The van der Waals surface area contributed by atoms with E-state index >= 15 is 0 Å². The zero-order valence-electron chi connectivity index (χ0n) is 18.6. The van der Waals surface area contributed by atoms with E-state index in [1.807, 2.05) is 44.2 Å². The molecular formula is C26H24F4O4. The fourth-order valence-corrected chi connectivity index (χ4v) is 3.31. The van der Waals surface area contributed by atoms with Gasteiger partial charge in [0, 0.05) is 0 Å². The predicted octanol–water partition coefficient (Wildman–Crippen LogP) is 7.20. The monoisotopic (exact) mass is 476 g/mol. The lowest BCUT2D eigenvalue weighted by atomic mass is 9.88. The maximum Gasteiger partial charge on any atom is 0.461 e. The highest BCUT2D eigenvalue weighted by molar-refractivity contribution is 5.78. The van der Waals surface area contributed by atoms with Crippen LogP contribution in [-0.2, 0) is 16.1 Å². The van der Waals surface area contributed by atoms with E-state index in [4.69, 9.17) is 9.47 Å². The summed E-state index contributed by atoms with van der Waals surface area (Å²) < 4.78 is 66.2. The first-order valence-corrected chi connectivity index (χ1v) is 10.6. The highest BCUT2D eigenvalue weighted by Gasteiger charge is 2.44. The van der Waals surface area contributed by atoms with Crippen molar-refractivity contribution in [2.24, 2.45) is 5.92 Å². The van der Waals surface area contributed by atoms with Gasteiger partial charge in [-0.3, -0.25) is 4.79 Å². The van der Waals surface area contributed by atoms with Crippen LogP contribution in [0.4, 0.5) is 17.6 Å². The quantitative estimate of drug-likeness (QED) is 0.229. The molecule has 0 aromatic heterocycles. The Labute approximate surface area is 195 Å². The number of esters is 1. The number of alkyl halides is 4. The van der Waals surface area contributed by atoms with Gasteiger partial charge in [0.1, 0.15) is 23.9 Å². The van der Waals surface area contributed by atoms with Crippen LogP contribution in [0.25, 0.3) is 0 Å². The van der Waals surface area contributed by atoms with E-state index in [1.54, 1.807) is 24.3 Å². The number of halogens is 4. The van der Waals surface area contributed by atoms with Gasteiger partial charge < -0.3 is 14.2 Å². The molecule has 0 aliphatic rings. The molecule has 0 N–H and O–H groups in total. The number of carbonyl (C=O) groups is 1. The lowest BCUT2D eigenvalue weighted by molar-refractivity contribution is -0.253. The molecule has 34 heavy (non-hydrogen) atoms. The van der Waals surface area contributed by atoms with Crippen LogP contribution in [0.1, 0.15) is 30.9 Å². The zero-order chi connectivity index (χ0) is 24.7. The number of hydrogen-bond acceptors (Lipinski definition) is 4. The molecule has 0 aliphatic carbocycles. The summed E-state index contributed by atoms with van der Waals surface area (Å²) in [4.78, 5) is 12.8. The van der Waals surface area contributed by atoms with Crippen molar-refractivity contribution in [1.29, 1.82) is 0 Å². The molecule has 0 fully saturated rings. The van der Waals surface area contributed by atoms with Gasteiger partial charge in [0.25, 0.3) is 0 Å². The van der Waals surface area contributed by atoms with Crippen molar-refractivity contribution in [3.05, 3.63) is 90.0 Å². The predicted molar refractivity (Wildman–Crippen MR) is 118 cm³/mol. The highest BCUT2D eigenvalue weighted by atomic mass is 19.3. The minimum atomic E-state index is -4.60. The summed E-state index contributed by atoms with van der Waals surface area (Å²) in [6.07, 6.45) is -8.56. The largest absolute Gasteiger partial charge is 0.461 e. The topological polar surface area (TPSA) is 44.8 Å². The highest BCUT2D eigenvalue weighted by Crippen LogP contribution is 2.31. The molecular weight excluding hydrogens is 452 g/mol. The van der Waals surface area contributed by atoms with E-state index in [1.165, 1.54) is 12.1 Å². The van der Waals surface area contributed by atoms with E-state index in [0.29, 0.717) is 17.1 Å². The maximum absolute atomic E-state index is 13.1. The van der Waals surface area contributed by atoms with Gasteiger partial charge in [-0.1, -0.05) is 56.3 Å². The molecule has 8 heteroatoms. The minimum Gasteiger partial charge on any atom is -0.460 e. The van der Waals surface area contributed by atoms with Gasteiger partial charge in [0.2, 0.25) is 0 Å². The first kappa shape index (κ1) is 25.1. The van der Waals surface area contributed by atoms with Crippen LogP contribution in [0.5, 0.6) is 17.2 Å². The summed E-state index contributed by atoms with van der Waals surface area (Å²) in [5.41, 5.74) is 1.22. The molecule has 180 valence electrons. The van der Waals surface area contributed by atoms with Crippen molar-refractivity contribution in [2.75, 3.05) is 0 Å². The van der Waals surface area contributed by atoms with Crippen molar-refractivity contribution < 1.29 is 36.6 Å². The molecule has 0 aliphatic heterocycles. The fraction of sp³-hybridized carbons (Fsp3) is 0.269. The Morgan fingerprint density at radius 1 is 0.853 bits per heavy atom. The van der Waals surface area contributed by atoms with Crippen LogP contribution in [0.3, 0.4) is 0 Å². The standard InChI is InChI=1S/C26H24F4O4/c1-17(2)23(19-11-13-21(14-12-19)34-26(29,30)25(27)28)24(31)32-16-18-7-6-10-22(15-18)33-20-8-4-3-5-9-20/h3-15,17,23,25H,16H2,1-2H3. The summed E-state index contributed by atoms with van der Waals surface area (Å²) in [6, 6.07) is 21.4. The van der Waals surface area contributed by atoms with E-state index in [2.05, 4.69) is 4.74 Å².